The highest BCUT2D eigenvalue weighted by Gasteiger charge is 2.36. The number of ether oxygens (including phenoxy) is 3. The highest BCUT2D eigenvalue weighted by atomic mass is 31.2. The first-order chi connectivity index (χ1) is 28.2. The van der Waals surface area contributed by atoms with E-state index in [-0.39, 0.29) is 31.7 Å². The molecule has 1 rings (SSSR count). The maximum absolute atomic E-state index is 12.6. The number of epoxide rings is 1. The predicted octanol–water partition coefficient (Wildman–Crippen LogP) is 10.4. The van der Waals surface area contributed by atoms with Crippen LogP contribution in [-0.4, -0.2) is 77.9 Å². The summed E-state index contributed by atoms with van der Waals surface area (Å²) < 4.78 is 38.4. The summed E-state index contributed by atoms with van der Waals surface area (Å²) in [5.74, 6) is -1.07. The van der Waals surface area contributed by atoms with Crippen LogP contribution >= 0.6 is 7.82 Å². The molecule has 0 aliphatic carbocycles. The summed E-state index contributed by atoms with van der Waals surface area (Å²) in [5.41, 5.74) is 0. The van der Waals surface area contributed by atoms with Gasteiger partial charge in [0.1, 0.15) is 12.7 Å². The number of phosphoric ester groups is 1. The van der Waals surface area contributed by atoms with Crippen molar-refractivity contribution in [2.45, 2.75) is 167 Å². The Balaban J connectivity index is 2.36. The number of phosphoric acid groups is 1. The molecule has 1 fully saturated rings. The van der Waals surface area contributed by atoms with Crippen LogP contribution in [0.2, 0.25) is 0 Å². The molecule has 1 saturated heterocycles. The van der Waals surface area contributed by atoms with Gasteiger partial charge in [0.25, 0.3) is 0 Å². The lowest BCUT2D eigenvalue weighted by atomic mass is 10.1. The highest BCUT2D eigenvalue weighted by molar-refractivity contribution is 7.47. The van der Waals surface area contributed by atoms with Gasteiger partial charge in [-0.1, -0.05) is 125 Å². The Morgan fingerprint density at radius 1 is 0.603 bits per heavy atom. The maximum Gasteiger partial charge on any atom is 0.472 e. The van der Waals surface area contributed by atoms with E-state index in [0.717, 1.165) is 51.4 Å². The summed E-state index contributed by atoms with van der Waals surface area (Å²) in [7, 11) is -4.66. The van der Waals surface area contributed by atoms with Crippen molar-refractivity contribution >= 4 is 19.8 Å². The van der Waals surface area contributed by atoms with Crippen LogP contribution in [0.5, 0.6) is 0 Å². The van der Waals surface area contributed by atoms with Gasteiger partial charge in [-0.05, 0) is 89.9 Å². The van der Waals surface area contributed by atoms with Crippen molar-refractivity contribution in [1.82, 2.24) is 0 Å². The van der Waals surface area contributed by atoms with Crippen molar-refractivity contribution in [2.24, 2.45) is 0 Å². The average molecular weight is 835 g/mol. The van der Waals surface area contributed by atoms with Crippen molar-refractivity contribution in [3.63, 3.8) is 0 Å². The molecule has 3 unspecified atom stereocenters. The second kappa shape index (κ2) is 37.1. The average Bonchev–Trinajstić information content (AvgIpc) is 3.97. The lowest BCUT2D eigenvalue weighted by molar-refractivity contribution is -0.161. The summed E-state index contributed by atoms with van der Waals surface area (Å²) >= 11 is 0. The van der Waals surface area contributed by atoms with E-state index in [2.05, 4.69) is 85.2 Å². The van der Waals surface area contributed by atoms with Crippen LogP contribution in [0.4, 0.5) is 0 Å². The fourth-order valence-corrected chi connectivity index (χ4v) is 6.22. The van der Waals surface area contributed by atoms with Gasteiger partial charge in [-0.25, -0.2) is 4.57 Å². The Morgan fingerprint density at radius 2 is 1.03 bits per heavy atom. The molecule has 1 heterocycles. The molecule has 0 aromatic rings. The van der Waals surface area contributed by atoms with E-state index >= 15 is 0 Å². The quantitative estimate of drug-likeness (QED) is 0.0178. The third-order valence-electron chi connectivity index (χ3n) is 8.92. The Bertz CT molecular complexity index is 1300. The largest absolute Gasteiger partial charge is 0.472 e. The van der Waals surface area contributed by atoms with Gasteiger partial charge in [0.15, 0.2) is 6.10 Å². The van der Waals surface area contributed by atoms with Crippen LogP contribution in [-0.2, 0) is 37.4 Å². The van der Waals surface area contributed by atoms with Crippen LogP contribution in [0.3, 0.4) is 0 Å². The SMILES string of the molecule is CCCCC/C=C\C/C=C\C/C=C\C/C=C\CCCC(=O)O[C@H](COC(=O)CCC/C=C\CC1OC1C/C=C\C/C=C\CCCCC)COP(=O)(O)OC[C@@H](O)CO. The van der Waals surface area contributed by atoms with Gasteiger partial charge < -0.3 is 29.3 Å². The lowest BCUT2D eigenvalue weighted by Gasteiger charge is -2.20. The zero-order valence-electron chi connectivity index (χ0n) is 35.4. The summed E-state index contributed by atoms with van der Waals surface area (Å²) in [5, 5.41) is 18.3. The monoisotopic (exact) mass is 835 g/mol. The summed E-state index contributed by atoms with van der Waals surface area (Å²) in [6, 6.07) is 0. The molecular formula is C46H75O11P. The number of aliphatic hydroxyl groups is 2. The molecule has 0 bridgehead atoms. The molecule has 1 aliphatic heterocycles. The van der Waals surface area contributed by atoms with Crippen LogP contribution in [0.25, 0.3) is 0 Å². The Kier molecular flexibility index (Phi) is 34.0. The van der Waals surface area contributed by atoms with Gasteiger partial charge in [-0.3, -0.25) is 18.6 Å². The maximum atomic E-state index is 12.6. The van der Waals surface area contributed by atoms with E-state index < -0.39 is 51.8 Å². The first-order valence-corrected chi connectivity index (χ1v) is 23.2. The number of hydrogen-bond donors (Lipinski definition) is 3. The molecule has 12 heteroatoms. The van der Waals surface area contributed by atoms with Crippen molar-refractivity contribution in [2.75, 3.05) is 26.4 Å². The molecule has 0 radical (unpaired) electrons. The van der Waals surface area contributed by atoms with Crippen molar-refractivity contribution in [3.05, 3.63) is 85.1 Å². The van der Waals surface area contributed by atoms with Gasteiger partial charge in [0.2, 0.25) is 0 Å². The van der Waals surface area contributed by atoms with Gasteiger partial charge in [-0.15, -0.1) is 0 Å². The third kappa shape index (κ3) is 34.0. The van der Waals surface area contributed by atoms with E-state index in [0.29, 0.717) is 25.7 Å². The predicted molar refractivity (Wildman–Crippen MR) is 232 cm³/mol. The molecule has 0 aromatic carbocycles. The number of carbonyl (C=O) groups excluding carboxylic acids is 2. The summed E-state index contributed by atoms with van der Waals surface area (Å²) in [6.45, 7) is 2.16. The van der Waals surface area contributed by atoms with Gasteiger partial charge >= 0.3 is 19.8 Å². The molecule has 1 aliphatic rings. The summed E-state index contributed by atoms with van der Waals surface area (Å²) in [6.07, 6.45) is 45.8. The second-order valence-electron chi connectivity index (χ2n) is 14.4. The minimum Gasteiger partial charge on any atom is -0.462 e. The summed E-state index contributed by atoms with van der Waals surface area (Å²) in [4.78, 5) is 35.0. The molecule has 58 heavy (non-hydrogen) atoms. The second-order valence-corrected chi connectivity index (χ2v) is 15.8. The van der Waals surface area contributed by atoms with Crippen LogP contribution < -0.4 is 0 Å². The van der Waals surface area contributed by atoms with E-state index in [1.807, 2.05) is 18.2 Å². The van der Waals surface area contributed by atoms with Crippen LogP contribution in [0.1, 0.15) is 142 Å². The number of unbranched alkanes of at least 4 members (excludes halogenated alkanes) is 8. The Morgan fingerprint density at radius 3 is 1.55 bits per heavy atom. The van der Waals surface area contributed by atoms with E-state index in [1.165, 1.54) is 38.5 Å². The number of esters is 2. The topological polar surface area (TPSA) is 161 Å². The Hall–Kier alpha value is -2.89. The smallest absolute Gasteiger partial charge is 0.462 e. The standard InChI is InChI=1S/C46H75O11P/c1-3-5-7-9-11-13-14-15-16-17-18-19-20-22-24-26-32-36-46(50)56-42(40-55-58(51,52)54-38-41(48)37-47)39-53-45(49)35-31-28-27-30-34-44-43(57-44)33-29-25-23-21-12-10-8-6-4-2/h11-13,15-16,18-19,21-22,24-25,27,29-30,41-44,47-48H,3-10,14,17,20,23,26,28,31-40H2,1-2H3,(H,51,52)/b13-11-,16-15-,19-18-,21-12-,24-22-,29-25-,30-27-/t41-,42+,43?,44?/m0/s1. The van der Waals surface area contributed by atoms with E-state index in [1.54, 1.807) is 0 Å². The lowest BCUT2D eigenvalue weighted by Crippen LogP contribution is -2.29. The van der Waals surface area contributed by atoms with Crippen LogP contribution in [0, 0.1) is 0 Å². The Labute approximate surface area is 349 Å². The fourth-order valence-electron chi connectivity index (χ4n) is 5.43. The normalized spacial score (nSPS) is 18.2. The van der Waals surface area contributed by atoms with Crippen LogP contribution in [0.15, 0.2) is 85.1 Å². The number of aliphatic hydroxyl groups excluding tert-OH is 2. The molecule has 11 nitrogen and oxygen atoms in total. The number of allylic oxidation sites excluding steroid dienone is 12. The molecule has 5 atom stereocenters. The van der Waals surface area contributed by atoms with Gasteiger partial charge in [0, 0.05) is 12.8 Å². The zero-order chi connectivity index (χ0) is 42.4. The highest BCUT2D eigenvalue weighted by Crippen LogP contribution is 2.43. The minimum absolute atomic E-state index is 0.0883. The number of hydrogen-bond acceptors (Lipinski definition) is 10. The first kappa shape index (κ1) is 53.1. The van der Waals surface area contributed by atoms with Crippen molar-refractivity contribution in [3.8, 4) is 0 Å². The first-order valence-electron chi connectivity index (χ1n) is 21.7. The molecule has 0 aromatic heterocycles. The van der Waals surface area contributed by atoms with E-state index in [9.17, 15) is 24.2 Å². The molecular weight excluding hydrogens is 759 g/mol. The number of rotatable bonds is 38. The van der Waals surface area contributed by atoms with Gasteiger partial charge in [-0.2, -0.15) is 0 Å². The molecule has 0 amide bonds. The molecule has 330 valence electrons. The number of carbonyl (C=O) groups is 2. The van der Waals surface area contributed by atoms with Crippen molar-refractivity contribution in [1.29, 1.82) is 0 Å². The molecule has 0 spiro atoms. The van der Waals surface area contributed by atoms with E-state index in [4.69, 9.17) is 23.8 Å². The fraction of sp³-hybridized carbons (Fsp3) is 0.652. The third-order valence-corrected chi connectivity index (χ3v) is 9.88. The van der Waals surface area contributed by atoms with Gasteiger partial charge in [0.05, 0.1) is 32.0 Å². The van der Waals surface area contributed by atoms with Crippen molar-refractivity contribution < 1.29 is 52.5 Å². The molecule has 0 saturated carbocycles. The molecule has 3 N–H and O–H groups in total. The zero-order valence-corrected chi connectivity index (χ0v) is 36.3. The minimum atomic E-state index is -4.66.